The molecule has 1 aromatic rings. The number of rotatable bonds is 2. The van der Waals surface area contributed by atoms with Crippen molar-refractivity contribution in [3.8, 4) is 0 Å². The van der Waals surface area contributed by atoms with Crippen molar-refractivity contribution < 1.29 is 22.4 Å². The summed E-state index contributed by atoms with van der Waals surface area (Å²) in [6.45, 7) is 0. The van der Waals surface area contributed by atoms with Gasteiger partial charge in [0.25, 0.3) is 0 Å². The SMILES string of the molecule is NC1(C(=O)c2ccc(C(F)(F)F)c(F)c2)CCC1. The molecule has 0 saturated heterocycles. The Morgan fingerprint density at radius 2 is 1.89 bits per heavy atom. The van der Waals surface area contributed by atoms with Crippen molar-refractivity contribution in [2.24, 2.45) is 5.73 Å². The third-order valence-electron chi connectivity index (χ3n) is 3.23. The molecule has 1 fully saturated rings. The first-order chi connectivity index (χ1) is 8.24. The average molecular weight is 261 g/mol. The Kier molecular flexibility index (Phi) is 2.93. The quantitative estimate of drug-likeness (QED) is 0.657. The summed E-state index contributed by atoms with van der Waals surface area (Å²) < 4.78 is 50.3. The van der Waals surface area contributed by atoms with Crippen molar-refractivity contribution in [3.05, 3.63) is 35.1 Å². The molecule has 1 saturated carbocycles. The van der Waals surface area contributed by atoms with Gasteiger partial charge in [-0.1, -0.05) is 6.07 Å². The number of halogens is 4. The van der Waals surface area contributed by atoms with Gasteiger partial charge in [-0.3, -0.25) is 4.79 Å². The maximum atomic E-state index is 13.3. The first-order valence-electron chi connectivity index (χ1n) is 5.44. The summed E-state index contributed by atoms with van der Waals surface area (Å²) in [5.41, 5.74) is 3.24. The number of alkyl halides is 3. The van der Waals surface area contributed by atoms with E-state index in [-0.39, 0.29) is 5.56 Å². The van der Waals surface area contributed by atoms with Gasteiger partial charge in [0.1, 0.15) is 5.82 Å². The van der Waals surface area contributed by atoms with Gasteiger partial charge in [-0.2, -0.15) is 13.2 Å². The normalized spacial score (nSPS) is 18.3. The third kappa shape index (κ3) is 2.12. The number of nitrogens with two attached hydrogens (primary N) is 1. The lowest BCUT2D eigenvalue weighted by Crippen LogP contribution is -2.53. The van der Waals surface area contributed by atoms with E-state index in [0.717, 1.165) is 12.5 Å². The maximum Gasteiger partial charge on any atom is 0.419 e. The highest BCUT2D eigenvalue weighted by Crippen LogP contribution is 2.35. The molecule has 1 aliphatic carbocycles. The highest BCUT2D eigenvalue weighted by atomic mass is 19.4. The molecule has 0 bridgehead atoms. The van der Waals surface area contributed by atoms with Gasteiger partial charge in [0.05, 0.1) is 11.1 Å². The zero-order valence-electron chi connectivity index (χ0n) is 9.35. The molecule has 0 spiro atoms. The molecule has 0 aromatic heterocycles. The first-order valence-corrected chi connectivity index (χ1v) is 5.44. The zero-order chi connectivity index (χ0) is 13.6. The van der Waals surface area contributed by atoms with Crippen LogP contribution in [0.2, 0.25) is 0 Å². The summed E-state index contributed by atoms with van der Waals surface area (Å²) in [5, 5.41) is 0. The topological polar surface area (TPSA) is 43.1 Å². The van der Waals surface area contributed by atoms with Crippen LogP contribution in [-0.2, 0) is 6.18 Å². The van der Waals surface area contributed by atoms with Crippen LogP contribution in [-0.4, -0.2) is 11.3 Å². The maximum absolute atomic E-state index is 13.3. The minimum Gasteiger partial charge on any atom is -0.319 e. The summed E-state index contributed by atoms with van der Waals surface area (Å²) in [7, 11) is 0. The second kappa shape index (κ2) is 4.05. The molecule has 98 valence electrons. The van der Waals surface area contributed by atoms with Crippen molar-refractivity contribution in [2.45, 2.75) is 31.0 Å². The molecule has 0 unspecified atom stereocenters. The number of ketones is 1. The second-order valence-corrected chi connectivity index (χ2v) is 4.53. The molecule has 18 heavy (non-hydrogen) atoms. The van der Waals surface area contributed by atoms with Gasteiger partial charge in [0, 0.05) is 5.56 Å². The average Bonchev–Trinajstić information content (AvgIpc) is 2.23. The number of Topliss-reactive ketones (excluding diaryl/α,β-unsaturated/α-hetero) is 1. The highest BCUT2D eigenvalue weighted by molar-refractivity contribution is 6.03. The lowest BCUT2D eigenvalue weighted by Gasteiger charge is -2.36. The van der Waals surface area contributed by atoms with Gasteiger partial charge in [0.15, 0.2) is 5.78 Å². The molecule has 0 radical (unpaired) electrons. The van der Waals surface area contributed by atoms with Crippen LogP contribution in [0.1, 0.15) is 35.2 Å². The van der Waals surface area contributed by atoms with Crippen molar-refractivity contribution in [3.63, 3.8) is 0 Å². The Morgan fingerprint density at radius 1 is 1.28 bits per heavy atom. The van der Waals surface area contributed by atoms with Crippen LogP contribution in [0.15, 0.2) is 18.2 Å². The molecular weight excluding hydrogens is 250 g/mol. The fourth-order valence-corrected chi connectivity index (χ4v) is 1.96. The van der Waals surface area contributed by atoms with Crippen LogP contribution >= 0.6 is 0 Å². The lowest BCUT2D eigenvalue weighted by molar-refractivity contribution is -0.140. The van der Waals surface area contributed by atoms with Gasteiger partial charge in [-0.05, 0) is 31.4 Å². The van der Waals surface area contributed by atoms with E-state index in [0.29, 0.717) is 25.0 Å². The fourth-order valence-electron chi connectivity index (χ4n) is 1.96. The van der Waals surface area contributed by atoms with Gasteiger partial charge in [-0.25, -0.2) is 4.39 Å². The van der Waals surface area contributed by atoms with Crippen molar-refractivity contribution in [1.29, 1.82) is 0 Å². The monoisotopic (exact) mass is 261 g/mol. The third-order valence-corrected chi connectivity index (χ3v) is 3.23. The second-order valence-electron chi connectivity index (χ2n) is 4.53. The minimum atomic E-state index is -4.76. The van der Waals surface area contributed by atoms with Crippen LogP contribution in [0.4, 0.5) is 17.6 Å². The van der Waals surface area contributed by atoms with Gasteiger partial charge < -0.3 is 5.73 Å². The summed E-state index contributed by atoms with van der Waals surface area (Å²) in [6.07, 6.45) is -3.00. The Morgan fingerprint density at radius 3 is 2.28 bits per heavy atom. The van der Waals surface area contributed by atoms with Crippen LogP contribution in [0.25, 0.3) is 0 Å². The summed E-state index contributed by atoms with van der Waals surface area (Å²) >= 11 is 0. The Labute approximate surface area is 101 Å². The summed E-state index contributed by atoms with van der Waals surface area (Å²) in [6, 6.07) is 2.16. The fraction of sp³-hybridized carbons (Fsp3) is 0.417. The molecule has 2 rings (SSSR count). The van der Waals surface area contributed by atoms with E-state index >= 15 is 0 Å². The molecule has 0 heterocycles. The largest absolute Gasteiger partial charge is 0.419 e. The molecule has 1 aliphatic rings. The van der Waals surface area contributed by atoms with E-state index in [1.807, 2.05) is 0 Å². The Bertz CT molecular complexity index is 491. The molecule has 2 nitrogen and oxygen atoms in total. The number of benzene rings is 1. The molecule has 6 heteroatoms. The van der Waals surface area contributed by atoms with Crippen molar-refractivity contribution >= 4 is 5.78 Å². The number of carbonyl (C=O) groups excluding carboxylic acids is 1. The van der Waals surface area contributed by atoms with E-state index < -0.39 is 28.9 Å². The molecule has 0 amide bonds. The predicted octanol–water partition coefficient (Wildman–Crippen LogP) is 2.91. The Balaban J connectivity index is 2.32. The molecule has 0 atom stereocenters. The highest BCUT2D eigenvalue weighted by Gasteiger charge is 2.41. The molecule has 2 N–H and O–H groups in total. The van der Waals surface area contributed by atoms with Crippen LogP contribution < -0.4 is 5.73 Å². The van der Waals surface area contributed by atoms with Crippen molar-refractivity contribution in [2.75, 3.05) is 0 Å². The van der Waals surface area contributed by atoms with Gasteiger partial charge >= 0.3 is 6.18 Å². The van der Waals surface area contributed by atoms with Gasteiger partial charge in [0.2, 0.25) is 0 Å². The van der Waals surface area contributed by atoms with E-state index in [9.17, 15) is 22.4 Å². The van der Waals surface area contributed by atoms with E-state index in [1.165, 1.54) is 0 Å². The summed E-state index contributed by atoms with van der Waals surface area (Å²) in [5.74, 6) is -1.95. The molecule has 1 aromatic carbocycles. The zero-order valence-corrected chi connectivity index (χ0v) is 9.35. The smallest absolute Gasteiger partial charge is 0.319 e. The molecule has 0 aliphatic heterocycles. The van der Waals surface area contributed by atoms with Crippen LogP contribution in [0.3, 0.4) is 0 Å². The number of carbonyl (C=O) groups is 1. The number of hydrogen-bond acceptors (Lipinski definition) is 2. The number of hydrogen-bond donors (Lipinski definition) is 1. The van der Waals surface area contributed by atoms with E-state index in [2.05, 4.69) is 0 Å². The minimum absolute atomic E-state index is 0.109. The Hall–Kier alpha value is -1.43. The van der Waals surface area contributed by atoms with Crippen LogP contribution in [0, 0.1) is 5.82 Å². The summed E-state index contributed by atoms with van der Waals surface area (Å²) in [4.78, 5) is 11.9. The molecular formula is C12H11F4NO. The van der Waals surface area contributed by atoms with Crippen molar-refractivity contribution in [1.82, 2.24) is 0 Å². The predicted molar refractivity (Wildman–Crippen MR) is 56.5 cm³/mol. The van der Waals surface area contributed by atoms with E-state index in [1.54, 1.807) is 0 Å². The standard InChI is InChI=1S/C12H11F4NO/c13-9-6-7(2-3-8(9)12(14,15)16)10(18)11(17)4-1-5-11/h2-3,6H,1,4-5,17H2. The first kappa shape index (κ1) is 13.0. The van der Waals surface area contributed by atoms with Gasteiger partial charge in [-0.15, -0.1) is 0 Å². The lowest BCUT2D eigenvalue weighted by atomic mass is 9.73. The van der Waals surface area contributed by atoms with Crippen LogP contribution in [0.5, 0.6) is 0 Å². The van der Waals surface area contributed by atoms with E-state index in [4.69, 9.17) is 5.73 Å².